The van der Waals surface area contributed by atoms with Gasteiger partial charge >= 0.3 is 23.5 Å². The van der Waals surface area contributed by atoms with Crippen molar-refractivity contribution in [2.75, 3.05) is 12.3 Å². The van der Waals surface area contributed by atoms with E-state index >= 15 is 0 Å². The molecule has 0 aromatic carbocycles. The Morgan fingerprint density at radius 1 is 1.12 bits per heavy atom. The molecule has 1 fully saturated rings. The number of aromatic nitrogens is 4. The van der Waals surface area contributed by atoms with Crippen LogP contribution in [0.15, 0.2) is 12.7 Å². The van der Waals surface area contributed by atoms with Crippen molar-refractivity contribution in [3.63, 3.8) is 0 Å². The van der Waals surface area contributed by atoms with Crippen LogP contribution in [0.25, 0.3) is 11.2 Å². The summed E-state index contributed by atoms with van der Waals surface area (Å²) in [4.78, 5) is 43.3. The second-order valence-corrected chi connectivity index (χ2v) is 10.6. The zero-order chi connectivity index (χ0) is 24.1. The maximum Gasteiger partial charge on any atom is 0.490 e. The molecule has 2 aromatic rings. The van der Waals surface area contributed by atoms with E-state index in [1.807, 2.05) is 0 Å². The highest BCUT2D eigenvalue weighted by atomic mass is 31.3. The Labute approximate surface area is 176 Å². The highest BCUT2D eigenvalue weighted by Gasteiger charge is 2.47. The van der Waals surface area contributed by atoms with Crippen molar-refractivity contribution >= 4 is 40.4 Å². The maximum atomic E-state index is 11.8. The van der Waals surface area contributed by atoms with Gasteiger partial charge in [-0.1, -0.05) is 4.98 Å². The van der Waals surface area contributed by atoms with E-state index in [4.69, 9.17) is 25.2 Å². The highest BCUT2D eigenvalue weighted by molar-refractivity contribution is 7.66. The SMILES string of the molecule is Nc1c2ncn([C@@H]3O[C@H](COP(=O)(O)OP(=O)(O)OP(=O)(O)O)[C@@H](O)[C@H]3O)c2nc[n+]1[O-]. The van der Waals surface area contributed by atoms with E-state index < -0.39 is 54.6 Å². The summed E-state index contributed by atoms with van der Waals surface area (Å²) in [5, 5.41) is 31.9. The minimum atomic E-state index is -5.73. The minimum Gasteiger partial charge on any atom is -0.740 e. The average molecular weight is 523 g/mol. The smallest absolute Gasteiger partial charge is 0.490 e. The normalized spacial score (nSPS) is 27.9. The zero-order valence-electron chi connectivity index (χ0n) is 15.3. The van der Waals surface area contributed by atoms with Crippen molar-refractivity contribution in [3.8, 4) is 0 Å². The number of hydrogen-bond donors (Lipinski definition) is 7. The van der Waals surface area contributed by atoms with Crippen LogP contribution in [0.1, 0.15) is 6.23 Å². The largest absolute Gasteiger partial charge is 0.740 e. The lowest BCUT2D eigenvalue weighted by Crippen LogP contribution is -2.34. The van der Waals surface area contributed by atoms with Gasteiger partial charge in [-0.25, -0.2) is 23.4 Å². The third-order valence-corrected chi connectivity index (χ3v) is 7.76. The molecule has 0 bridgehead atoms. The monoisotopic (exact) mass is 523 g/mol. The van der Waals surface area contributed by atoms with Crippen molar-refractivity contribution in [1.82, 2.24) is 14.5 Å². The number of hydrogen-bond acceptors (Lipinski definition) is 13. The molecule has 0 aliphatic carbocycles. The second-order valence-electron chi connectivity index (χ2n) is 6.21. The van der Waals surface area contributed by atoms with Crippen LogP contribution < -0.4 is 10.5 Å². The molecule has 0 spiro atoms. The number of rotatable bonds is 8. The number of anilines is 1. The number of phosphoric acid groups is 3. The van der Waals surface area contributed by atoms with Gasteiger partial charge in [-0.2, -0.15) is 8.62 Å². The lowest BCUT2D eigenvalue weighted by molar-refractivity contribution is -0.592. The molecular weight excluding hydrogens is 507 g/mol. The first-order chi connectivity index (χ1) is 14.6. The van der Waals surface area contributed by atoms with Gasteiger partial charge in [0.2, 0.25) is 12.0 Å². The predicted molar refractivity (Wildman–Crippen MR) is 96.6 cm³/mol. The Kier molecular flexibility index (Phi) is 6.78. The van der Waals surface area contributed by atoms with Gasteiger partial charge in [0.25, 0.3) is 5.82 Å². The topological polar surface area (TPSA) is 293 Å². The number of nitrogen functional groups attached to an aromatic ring is 1. The lowest BCUT2D eigenvalue weighted by Gasteiger charge is -2.19. The molecule has 3 rings (SSSR count). The number of aliphatic hydroxyl groups is 2. The van der Waals surface area contributed by atoms with E-state index in [0.29, 0.717) is 0 Å². The van der Waals surface area contributed by atoms with E-state index in [1.54, 1.807) is 0 Å². The number of ether oxygens (including phenoxy) is 1. The number of aliphatic hydroxyl groups excluding tert-OH is 2. The molecule has 0 radical (unpaired) electrons. The van der Waals surface area contributed by atoms with Gasteiger partial charge in [-0.05, 0) is 0 Å². The van der Waals surface area contributed by atoms with Crippen LogP contribution in [0.5, 0.6) is 0 Å². The van der Waals surface area contributed by atoms with Crippen LogP contribution in [0.3, 0.4) is 0 Å². The number of nitrogens with zero attached hydrogens (tertiary/aromatic N) is 4. The van der Waals surface area contributed by atoms with E-state index in [-0.39, 0.29) is 21.7 Å². The first kappa shape index (κ1) is 25.1. The Morgan fingerprint density at radius 3 is 2.41 bits per heavy atom. The Morgan fingerprint density at radius 2 is 1.78 bits per heavy atom. The van der Waals surface area contributed by atoms with E-state index in [1.165, 1.54) is 0 Å². The van der Waals surface area contributed by atoms with Gasteiger partial charge in [0.15, 0.2) is 11.7 Å². The Bertz CT molecular complexity index is 1150. The Hall–Kier alpha value is -1.56. The molecule has 1 aliphatic heterocycles. The molecule has 8 N–H and O–H groups in total. The molecule has 2 aromatic heterocycles. The molecule has 0 saturated carbocycles. The summed E-state index contributed by atoms with van der Waals surface area (Å²) < 4.78 is 52.0. The third-order valence-electron chi connectivity index (χ3n) is 3.96. The fourth-order valence-corrected chi connectivity index (χ4v) is 5.72. The second kappa shape index (κ2) is 8.66. The Balaban J connectivity index is 1.71. The molecule has 6 atom stereocenters. The molecule has 2 unspecified atom stereocenters. The minimum absolute atomic E-state index is 0.000569. The summed E-state index contributed by atoms with van der Waals surface area (Å²) in [6, 6.07) is 0. The molecule has 32 heavy (non-hydrogen) atoms. The lowest BCUT2D eigenvalue weighted by atomic mass is 10.1. The molecule has 180 valence electrons. The first-order valence-electron chi connectivity index (χ1n) is 8.10. The van der Waals surface area contributed by atoms with Gasteiger partial charge in [0.1, 0.15) is 24.6 Å². The fraction of sp³-hybridized carbons (Fsp3) is 0.500. The summed E-state index contributed by atoms with van der Waals surface area (Å²) in [7, 11) is -16.8. The fourth-order valence-electron chi connectivity index (χ4n) is 2.69. The van der Waals surface area contributed by atoms with Gasteiger partial charge < -0.3 is 45.5 Å². The number of nitrogens with two attached hydrogens (primary N) is 1. The molecular formula is C10H16N5O14P3. The predicted octanol–water partition coefficient (Wildman–Crippen LogP) is -2.39. The summed E-state index contributed by atoms with van der Waals surface area (Å²) >= 11 is 0. The van der Waals surface area contributed by atoms with Crippen LogP contribution in [-0.4, -0.2) is 69.2 Å². The zero-order valence-corrected chi connectivity index (χ0v) is 18.0. The van der Waals surface area contributed by atoms with Crippen molar-refractivity contribution in [3.05, 3.63) is 17.9 Å². The molecule has 19 nitrogen and oxygen atoms in total. The van der Waals surface area contributed by atoms with Gasteiger partial charge in [-0.15, -0.1) is 0 Å². The van der Waals surface area contributed by atoms with Gasteiger partial charge in [-0.3, -0.25) is 9.09 Å². The quantitative estimate of drug-likeness (QED) is 0.108. The summed E-state index contributed by atoms with van der Waals surface area (Å²) in [5.41, 5.74) is 5.55. The van der Waals surface area contributed by atoms with E-state index in [2.05, 4.69) is 23.1 Å². The molecule has 3 heterocycles. The standard InChI is InChI=1S/C10H16N5O14P3/c11-8-5-9(13-3-15(8)18)14(2-12-5)10-7(17)6(16)4(27-10)1-26-31(22,23)29-32(24,25)28-30(19,20)21/h2-4,6-7,10,16-17H,1,11H2,(H,22,23)(H,24,25)(H2,19,20,21)/t4-,6-,7-,10-/m1/s1. The van der Waals surface area contributed by atoms with Crippen molar-refractivity contribution in [1.29, 1.82) is 0 Å². The molecule has 22 heteroatoms. The molecule has 1 saturated heterocycles. The molecule has 1 aliphatic rings. The highest BCUT2D eigenvalue weighted by Crippen LogP contribution is 2.66. The number of phosphoric ester groups is 1. The van der Waals surface area contributed by atoms with Crippen LogP contribution >= 0.6 is 23.5 Å². The average Bonchev–Trinajstić information content (AvgIpc) is 3.16. The van der Waals surface area contributed by atoms with Crippen LogP contribution in [0, 0.1) is 5.21 Å². The van der Waals surface area contributed by atoms with Crippen LogP contribution in [-0.2, 0) is 31.6 Å². The summed E-state index contributed by atoms with van der Waals surface area (Å²) in [6.07, 6.45) is -4.36. The van der Waals surface area contributed by atoms with Crippen molar-refractivity contribution < 1.29 is 66.1 Å². The summed E-state index contributed by atoms with van der Waals surface area (Å²) in [6.45, 7) is -0.999. The third kappa shape index (κ3) is 5.49. The maximum absolute atomic E-state index is 11.8. The van der Waals surface area contributed by atoms with Crippen LogP contribution in [0.4, 0.5) is 5.82 Å². The molecule has 0 amide bonds. The van der Waals surface area contributed by atoms with Gasteiger partial charge in [0.05, 0.1) is 6.61 Å². The van der Waals surface area contributed by atoms with Crippen molar-refractivity contribution in [2.24, 2.45) is 0 Å². The van der Waals surface area contributed by atoms with E-state index in [0.717, 1.165) is 17.2 Å². The number of fused-ring (bicyclic) bond motifs is 1. The van der Waals surface area contributed by atoms with Crippen LogP contribution in [0.2, 0.25) is 0 Å². The van der Waals surface area contributed by atoms with Crippen molar-refractivity contribution in [2.45, 2.75) is 24.5 Å². The van der Waals surface area contributed by atoms with E-state index in [9.17, 15) is 34.0 Å². The number of imidazole rings is 1. The van der Waals surface area contributed by atoms with Gasteiger partial charge in [0, 0.05) is 0 Å². The first-order valence-corrected chi connectivity index (χ1v) is 12.6. The summed E-state index contributed by atoms with van der Waals surface area (Å²) in [5.74, 6) is -0.300.